The number of hydrogen-bond acceptors (Lipinski definition) is 4. The van der Waals surface area contributed by atoms with Gasteiger partial charge in [0.05, 0.1) is 6.54 Å². The first-order valence-corrected chi connectivity index (χ1v) is 13.4. The van der Waals surface area contributed by atoms with Gasteiger partial charge in [-0.25, -0.2) is 4.79 Å². The van der Waals surface area contributed by atoms with E-state index in [2.05, 4.69) is 90.2 Å². The average molecular weight is 532 g/mol. The zero-order valence-corrected chi connectivity index (χ0v) is 24.0. The van der Waals surface area contributed by atoms with Crippen molar-refractivity contribution in [2.24, 2.45) is 5.41 Å². The molecular weight excluding hydrogens is 490 g/mol. The van der Waals surface area contributed by atoms with Gasteiger partial charge < -0.3 is 20.3 Å². The van der Waals surface area contributed by atoms with Crippen LogP contribution in [0.15, 0.2) is 60.7 Å². The summed E-state index contributed by atoms with van der Waals surface area (Å²) in [7, 11) is 0. The molecular formula is C33H41NO5. The van der Waals surface area contributed by atoms with Crippen LogP contribution in [0.1, 0.15) is 85.7 Å². The highest BCUT2D eigenvalue weighted by Gasteiger charge is 2.23. The molecule has 3 aromatic rings. The van der Waals surface area contributed by atoms with E-state index in [0.717, 1.165) is 28.9 Å². The van der Waals surface area contributed by atoms with E-state index in [4.69, 9.17) is 9.84 Å². The highest BCUT2D eigenvalue weighted by molar-refractivity contribution is 5.94. The second kappa shape index (κ2) is 12.5. The molecule has 0 aliphatic rings. The maximum absolute atomic E-state index is 12.4. The molecule has 2 unspecified atom stereocenters. The van der Waals surface area contributed by atoms with Gasteiger partial charge in [0.1, 0.15) is 11.9 Å². The van der Waals surface area contributed by atoms with Gasteiger partial charge in [-0.3, -0.25) is 4.79 Å². The van der Waals surface area contributed by atoms with Gasteiger partial charge in [0, 0.05) is 5.56 Å². The van der Waals surface area contributed by atoms with Crippen molar-refractivity contribution in [2.45, 2.75) is 73.0 Å². The number of aliphatic hydroxyl groups is 1. The molecule has 0 aliphatic carbocycles. The van der Waals surface area contributed by atoms with Crippen molar-refractivity contribution in [3.8, 4) is 16.9 Å². The smallest absolute Gasteiger partial charge is 0.334 e. The molecule has 0 bridgehead atoms. The van der Waals surface area contributed by atoms with E-state index in [0.29, 0.717) is 11.5 Å². The first-order valence-electron chi connectivity index (χ1n) is 13.4. The Bertz CT molecular complexity index is 1260. The number of nitrogens with one attached hydrogen (secondary N) is 1. The molecule has 1 amide bonds. The van der Waals surface area contributed by atoms with Crippen molar-refractivity contribution in [3.63, 3.8) is 0 Å². The van der Waals surface area contributed by atoms with Gasteiger partial charge in [-0.1, -0.05) is 71.0 Å². The summed E-state index contributed by atoms with van der Waals surface area (Å²) in [5, 5.41) is 20.7. The lowest BCUT2D eigenvalue weighted by atomic mass is 9.86. The van der Waals surface area contributed by atoms with E-state index in [-0.39, 0.29) is 18.1 Å². The number of rotatable bonds is 10. The number of benzene rings is 3. The number of aryl methyl sites for hydroxylation is 2. The topological polar surface area (TPSA) is 95.9 Å². The largest absolute Gasteiger partial charge is 0.486 e. The van der Waals surface area contributed by atoms with Crippen LogP contribution in [0.25, 0.3) is 11.1 Å². The molecule has 39 heavy (non-hydrogen) atoms. The molecule has 0 aliphatic heterocycles. The molecule has 0 heterocycles. The van der Waals surface area contributed by atoms with Crippen molar-refractivity contribution in [3.05, 3.63) is 88.5 Å². The lowest BCUT2D eigenvalue weighted by molar-refractivity contribution is -0.146. The minimum absolute atomic E-state index is 0.00409. The Balaban J connectivity index is 1.83. The Labute approximate surface area is 232 Å². The minimum atomic E-state index is -1.64. The predicted octanol–water partition coefficient (Wildman–Crippen LogP) is 6.83. The summed E-state index contributed by atoms with van der Waals surface area (Å²) in [4.78, 5) is 23.2. The van der Waals surface area contributed by atoms with Gasteiger partial charge in [0.25, 0.3) is 5.91 Å². The highest BCUT2D eigenvalue weighted by atomic mass is 16.5. The molecule has 0 radical (unpaired) electrons. The molecule has 6 heteroatoms. The van der Waals surface area contributed by atoms with Crippen LogP contribution in [0.5, 0.6) is 5.75 Å². The van der Waals surface area contributed by atoms with Gasteiger partial charge in [0.15, 0.2) is 6.10 Å². The molecule has 2 atom stereocenters. The van der Waals surface area contributed by atoms with Crippen molar-refractivity contribution < 1.29 is 24.5 Å². The van der Waals surface area contributed by atoms with E-state index in [1.807, 2.05) is 12.1 Å². The Hall–Kier alpha value is -3.64. The van der Waals surface area contributed by atoms with Crippen molar-refractivity contribution >= 4 is 11.9 Å². The number of amides is 1. The van der Waals surface area contributed by atoms with Crippen LogP contribution in [0.3, 0.4) is 0 Å². The van der Waals surface area contributed by atoms with Crippen LogP contribution in [-0.4, -0.2) is 34.7 Å². The molecule has 0 saturated carbocycles. The second-order valence-corrected chi connectivity index (χ2v) is 11.8. The molecule has 0 spiro atoms. The Morgan fingerprint density at radius 2 is 1.44 bits per heavy atom. The van der Waals surface area contributed by atoms with Crippen LogP contribution >= 0.6 is 0 Å². The van der Waals surface area contributed by atoms with E-state index in [1.54, 1.807) is 12.1 Å². The summed E-state index contributed by atoms with van der Waals surface area (Å²) in [6.07, 6.45) is -1.11. The molecule has 0 saturated heterocycles. The van der Waals surface area contributed by atoms with Crippen molar-refractivity contribution in [1.82, 2.24) is 5.32 Å². The summed E-state index contributed by atoms with van der Waals surface area (Å²) in [6, 6.07) is 20.1. The zero-order chi connectivity index (χ0) is 28.9. The average Bonchev–Trinajstić information content (AvgIpc) is 2.85. The number of aliphatic carboxylic acids is 1. The van der Waals surface area contributed by atoms with E-state index >= 15 is 0 Å². The summed E-state index contributed by atoms with van der Waals surface area (Å²) in [6.45, 7) is 14.8. The highest BCUT2D eigenvalue weighted by Crippen LogP contribution is 2.37. The molecule has 3 aromatic carbocycles. The Kier molecular flexibility index (Phi) is 9.57. The van der Waals surface area contributed by atoms with Gasteiger partial charge in [0.2, 0.25) is 0 Å². The first kappa shape index (κ1) is 29.9. The maximum Gasteiger partial charge on any atom is 0.334 e. The van der Waals surface area contributed by atoms with E-state index in [9.17, 15) is 14.7 Å². The van der Waals surface area contributed by atoms with Crippen LogP contribution in [0.4, 0.5) is 0 Å². The Morgan fingerprint density at radius 3 is 1.92 bits per heavy atom. The van der Waals surface area contributed by atoms with Gasteiger partial charge >= 0.3 is 5.97 Å². The van der Waals surface area contributed by atoms with Crippen LogP contribution < -0.4 is 10.1 Å². The second-order valence-electron chi connectivity index (χ2n) is 11.8. The first-order chi connectivity index (χ1) is 18.2. The summed E-state index contributed by atoms with van der Waals surface area (Å²) in [5.74, 6) is -0.537. The lowest BCUT2D eigenvalue weighted by Crippen LogP contribution is -2.36. The standard InChI is InChI=1S/C33H41NO5/c1-20(2)23-8-12-25(13-9-23)30-21(3)16-27(17-22(30)4)39-29(18-33(5,6)7)24-10-14-26(15-11-24)31(36)34-19-28(35)32(37)38/h8-17,20,28-29,35H,18-19H2,1-7H3,(H,34,36)(H,37,38). The molecule has 208 valence electrons. The predicted molar refractivity (Wildman–Crippen MR) is 155 cm³/mol. The number of aliphatic hydroxyl groups excluding tert-OH is 1. The fourth-order valence-electron chi connectivity index (χ4n) is 4.66. The van der Waals surface area contributed by atoms with E-state index < -0.39 is 18.0 Å². The van der Waals surface area contributed by atoms with Gasteiger partial charge in [-0.05, 0) is 89.2 Å². The molecule has 3 rings (SSSR count). The monoisotopic (exact) mass is 531 g/mol. The third-order valence-electron chi connectivity index (χ3n) is 6.73. The number of carboxylic acid groups (broad SMARTS) is 1. The third kappa shape index (κ3) is 8.17. The van der Waals surface area contributed by atoms with Crippen LogP contribution in [0, 0.1) is 19.3 Å². The molecule has 0 aromatic heterocycles. The quantitative estimate of drug-likeness (QED) is 0.267. The normalized spacial score (nSPS) is 13.2. The van der Waals surface area contributed by atoms with Crippen molar-refractivity contribution in [1.29, 1.82) is 0 Å². The maximum atomic E-state index is 12.4. The Morgan fingerprint density at radius 1 is 0.897 bits per heavy atom. The SMILES string of the molecule is Cc1cc(OC(CC(C)(C)C)c2ccc(C(=O)NCC(O)C(=O)O)cc2)cc(C)c1-c1ccc(C(C)C)cc1. The minimum Gasteiger partial charge on any atom is -0.486 e. The fourth-order valence-corrected chi connectivity index (χ4v) is 4.66. The zero-order valence-electron chi connectivity index (χ0n) is 24.0. The molecule has 0 fully saturated rings. The van der Waals surface area contributed by atoms with E-state index in [1.165, 1.54) is 16.7 Å². The van der Waals surface area contributed by atoms with Gasteiger partial charge in [-0.15, -0.1) is 0 Å². The molecule has 6 nitrogen and oxygen atoms in total. The van der Waals surface area contributed by atoms with Crippen molar-refractivity contribution in [2.75, 3.05) is 6.54 Å². The fraction of sp³-hybridized carbons (Fsp3) is 0.394. The van der Waals surface area contributed by atoms with Crippen LogP contribution in [-0.2, 0) is 4.79 Å². The summed E-state index contributed by atoms with van der Waals surface area (Å²) < 4.78 is 6.59. The molecule has 3 N–H and O–H groups in total. The summed E-state index contributed by atoms with van der Waals surface area (Å²) in [5.41, 5.74) is 7.34. The number of carbonyl (C=O) groups is 2. The lowest BCUT2D eigenvalue weighted by Gasteiger charge is -2.28. The number of ether oxygens (including phenoxy) is 1. The summed E-state index contributed by atoms with van der Waals surface area (Å²) >= 11 is 0. The number of hydrogen-bond donors (Lipinski definition) is 3. The third-order valence-corrected chi connectivity index (χ3v) is 6.73. The van der Waals surface area contributed by atoms with Gasteiger partial charge in [-0.2, -0.15) is 0 Å². The van der Waals surface area contributed by atoms with Crippen LogP contribution in [0.2, 0.25) is 0 Å². The number of carboxylic acids is 1. The number of carbonyl (C=O) groups excluding carboxylic acids is 1.